The number of rotatable bonds is 3. The third-order valence-corrected chi connectivity index (χ3v) is 1.91. The average Bonchev–Trinajstić information content (AvgIpc) is 2.05. The van der Waals surface area contributed by atoms with Gasteiger partial charge in [-0.2, -0.15) is 8.78 Å². The van der Waals surface area contributed by atoms with Crippen LogP contribution in [0.2, 0.25) is 0 Å². The lowest BCUT2D eigenvalue weighted by Gasteiger charge is -2.14. The maximum Gasteiger partial charge on any atom is 0.395 e. The van der Waals surface area contributed by atoms with Gasteiger partial charge in [-0.25, -0.2) is 4.39 Å². The molecule has 1 nitrogen and oxygen atoms in total. The largest absolute Gasteiger partial charge is 0.430 e. The molecule has 1 rings (SSSR count). The van der Waals surface area contributed by atoms with Gasteiger partial charge < -0.3 is 4.74 Å². The van der Waals surface area contributed by atoms with Crippen molar-refractivity contribution in [3.05, 3.63) is 29.6 Å². The summed E-state index contributed by atoms with van der Waals surface area (Å²) in [4.78, 5) is 0. The standard InChI is InChI=1S/C11H13F3O.FH/c1-7(2)8-4-5-10(9(12)6-8)15-11(3,13)14;/h4-7H,1-3H3;1H. The highest BCUT2D eigenvalue weighted by atomic mass is 19.3. The maximum atomic E-state index is 13.3. The number of alkyl halides is 2. The van der Waals surface area contributed by atoms with Crippen LogP contribution >= 0.6 is 0 Å². The molecular weight excluding hydrogens is 224 g/mol. The van der Waals surface area contributed by atoms with Crippen molar-refractivity contribution in [3.63, 3.8) is 0 Å². The van der Waals surface area contributed by atoms with Gasteiger partial charge in [-0.05, 0) is 23.6 Å². The molecule has 0 saturated heterocycles. The van der Waals surface area contributed by atoms with E-state index < -0.39 is 17.7 Å². The SMILES string of the molecule is CC(C)c1ccc(OC(C)(F)F)c(F)c1.F. The van der Waals surface area contributed by atoms with E-state index in [2.05, 4.69) is 4.74 Å². The molecule has 0 aliphatic rings. The lowest BCUT2D eigenvalue weighted by Crippen LogP contribution is -2.19. The van der Waals surface area contributed by atoms with Crippen LogP contribution in [0.5, 0.6) is 5.75 Å². The minimum absolute atomic E-state index is 0. The molecule has 0 amide bonds. The first-order valence-electron chi connectivity index (χ1n) is 4.66. The van der Waals surface area contributed by atoms with E-state index in [-0.39, 0.29) is 10.6 Å². The van der Waals surface area contributed by atoms with Crippen molar-refractivity contribution >= 4 is 0 Å². The molecule has 0 N–H and O–H groups in total. The Hall–Kier alpha value is -1.26. The van der Waals surface area contributed by atoms with Crippen LogP contribution < -0.4 is 4.74 Å². The highest BCUT2D eigenvalue weighted by Crippen LogP contribution is 2.26. The molecule has 0 spiro atoms. The Labute approximate surface area is 91.6 Å². The first-order chi connectivity index (χ1) is 6.79. The number of halogens is 4. The lowest BCUT2D eigenvalue weighted by molar-refractivity contribution is -0.160. The van der Waals surface area contributed by atoms with Crippen molar-refractivity contribution in [3.8, 4) is 5.75 Å². The van der Waals surface area contributed by atoms with E-state index in [1.807, 2.05) is 13.8 Å². The number of hydrogen-bond donors (Lipinski definition) is 0. The zero-order chi connectivity index (χ0) is 11.6. The van der Waals surface area contributed by atoms with E-state index in [0.717, 1.165) is 5.56 Å². The summed E-state index contributed by atoms with van der Waals surface area (Å²) >= 11 is 0. The van der Waals surface area contributed by atoms with Crippen molar-refractivity contribution in [1.29, 1.82) is 0 Å². The Kier molecular flexibility index (Phi) is 4.78. The van der Waals surface area contributed by atoms with Crippen LogP contribution in [0.3, 0.4) is 0 Å². The minimum atomic E-state index is -3.36. The summed E-state index contributed by atoms with van der Waals surface area (Å²) in [5, 5.41) is 0. The van der Waals surface area contributed by atoms with Gasteiger partial charge in [0.2, 0.25) is 0 Å². The van der Waals surface area contributed by atoms with E-state index in [1.165, 1.54) is 12.1 Å². The first kappa shape index (κ1) is 14.7. The molecule has 1 aromatic rings. The molecule has 0 bridgehead atoms. The van der Waals surface area contributed by atoms with Crippen LogP contribution in [0, 0.1) is 5.82 Å². The van der Waals surface area contributed by atoms with E-state index >= 15 is 0 Å². The van der Waals surface area contributed by atoms with Gasteiger partial charge in [-0.15, -0.1) is 0 Å². The van der Waals surface area contributed by atoms with Gasteiger partial charge in [-0.1, -0.05) is 19.9 Å². The third-order valence-electron chi connectivity index (χ3n) is 1.91. The van der Waals surface area contributed by atoms with Crippen LogP contribution in [-0.2, 0) is 0 Å². The van der Waals surface area contributed by atoms with Crippen LogP contribution in [-0.4, -0.2) is 6.11 Å². The van der Waals surface area contributed by atoms with Crippen LogP contribution in [0.4, 0.5) is 17.9 Å². The van der Waals surface area contributed by atoms with Crippen LogP contribution in [0.25, 0.3) is 0 Å². The summed E-state index contributed by atoms with van der Waals surface area (Å²) in [6.07, 6.45) is -3.36. The van der Waals surface area contributed by atoms with Crippen molar-refractivity contribution in [1.82, 2.24) is 0 Å². The third kappa shape index (κ3) is 4.08. The quantitative estimate of drug-likeness (QED) is 0.720. The van der Waals surface area contributed by atoms with Gasteiger partial charge in [0.15, 0.2) is 11.6 Å². The van der Waals surface area contributed by atoms with Gasteiger partial charge in [0, 0.05) is 6.92 Å². The van der Waals surface area contributed by atoms with Gasteiger partial charge >= 0.3 is 6.11 Å². The molecular formula is C11H14F4O. The minimum Gasteiger partial charge on any atom is -0.430 e. The van der Waals surface area contributed by atoms with E-state index in [4.69, 9.17) is 0 Å². The highest BCUT2D eigenvalue weighted by Gasteiger charge is 2.24. The molecule has 0 aromatic heterocycles. The second-order valence-electron chi connectivity index (χ2n) is 3.75. The molecule has 92 valence electrons. The van der Waals surface area contributed by atoms with Crippen LogP contribution in [0.1, 0.15) is 32.3 Å². The molecule has 16 heavy (non-hydrogen) atoms. The second kappa shape index (κ2) is 5.18. The van der Waals surface area contributed by atoms with Gasteiger partial charge in [0.1, 0.15) is 0 Å². The van der Waals surface area contributed by atoms with Crippen molar-refractivity contribution in [2.75, 3.05) is 0 Å². The normalized spacial score (nSPS) is 11.2. The molecule has 0 aliphatic carbocycles. The molecule has 0 unspecified atom stereocenters. The van der Waals surface area contributed by atoms with E-state index in [1.54, 1.807) is 6.07 Å². The van der Waals surface area contributed by atoms with Gasteiger partial charge in [-0.3, -0.25) is 4.70 Å². The Balaban J connectivity index is 0.00000225. The lowest BCUT2D eigenvalue weighted by atomic mass is 10.0. The number of hydrogen-bond acceptors (Lipinski definition) is 1. The molecule has 0 heterocycles. The molecule has 0 atom stereocenters. The first-order valence-corrected chi connectivity index (χ1v) is 4.66. The zero-order valence-electron chi connectivity index (χ0n) is 9.26. The summed E-state index contributed by atoms with van der Waals surface area (Å²) in [6, 6.07) is 4.02. The summed E-state index contributed by atoms with van der Waals surface area (Å²) < 4.78 is 42.4. The highest BCUT2D eigenvalue weighted by molar-refractivity contribution is 5.31. The topological polar surface area (TPSA) is 9.23 Å². The predicted octanol–water partition coefficient (Wildman–Crippen LogP) is 4.09. The number of benzene rings is 1. The predicted molar refractivity (Wildman–Crippen MR) is 54.2 cm³/mol. The van der Waals surface area contributed by atoms with Crippen molar-refractivity contribution < 1.29 is 22.6 Å². The van der Waals surface area contributed by atoms with Crippen molar-refractivity contribution in [2.24, 2.45) is 0 Å². The fraction of sp³-hybridized carbons (Fsp3) is 0.455. The molecule has 1 aromatic carbocycles. The van der Waals surface area contributed by atoms with Gasteiger partial charge in [0.05, 0.1) is 0 Å². The fourth-order valence-electron chi connectivity index (χ4n) is 1.15. The molecule has 0 radical (unpaired) electrons. The smallest absolute Gasteiger partial charge is 0.395 e. The molecule has 0 saturated carbocycles. The average molecular weight is 238 g/mol. The maximum absolute atomic E-state index is 13.3. The second-order valence-corrected chi connectivity index (χ2v) is 3.75. The Morgan fingerprint density at radius 1 is 1.25 bits per heavy atom. The van der Waals surface area contributed by atoms with E-state index in [0.29, 0.717) is 6.92 Å². The van der Waals surface area contributed by atoms with E-state index in [9.17, 15) is 13.2 Å². The van der Waals surface area contributed by atoms with Crippen molar-refractivity contribution in [2.45, 2.75) is 32.8 Å². The summed E-state index contributed by atoms with van der Waals surface area (Å²) in [5.74, 6) is -1.04. The fourth-order valence-corrected chi connectivity index (χ4v) is 1.15. The summed E-state index contributed by atoms with van der Waals surface area (Å²) in [5.41, 5.74) is 0.749. The van der Waals surface area contributed by atoms with Crippen LogP contribution in [0.15, 0.2) is 18.2 Å². The Morgan fingerprint density at radius 2 is 1.81 bits per heavy atom. The Bertz CT molecular complexity index is 344. The zero-order valence-corrected chi connectivity index (χ0v) is 9.26. The summed E-state index contributed by atoms with van der Waals surface area (Å²) in [6.45, 7) is 4.36. The molecule has 0 fully saturated rings. The Morgan fingerprint density at radius 3 is 2.19 bits per heavy atom. The summed E-state index contributed by atoms with van der Waals surface area (Å²) in [7, 11) is 0. The monoisotopic (exact) mass is 238 g/mol. The number of ether oxygens (including phenoxy) is 1. The molecule has 5 heteroatoms. The molecule has 0 aliphatic heterocycles. The van der Waals surface area contributed by atoms with Gasteiger partial charge in [0.25, 0.3) is 0 Å².